The molecular weight excluding hydrogens is 248 g/mol. The molecule has 0 spiro atoms. The van der Waals surface area contributed by atoms with Crippen LogP contribution in [0.25, 0.3) is 0 Å². The van der Waals surface area contributed by atoms with Crippen LogP contribution in [0.3, 0.4) is 0 Å². The first-order valence-electron chi connectivity index (χ1n) is 6.81. The number of carbonyl (C=O) groups is 1. The van der Waals surface area contributed by atoms with Gasteiger partial charge in [-0.15, -0.1) is 0 Å². The molecule has 2 aliphatic rings. The maximum atomic E-state index is 13.5. The first-order chi connectivity index (χ1) is 9.06. The molecule has 0 aliphatic carbocycles. The average molecular weight is 265 g/mol. The van der Waals surface area contributed by atoms with Crippen molar-refractivity contribution in [2.75, 3.05) is 0 Å². The van der Waals surface area contributed by atoms with Crippen molar-refractivity contribution in [1.29, 1.82) is 0 Å². The van der Waals surface area contributed by atoms with Crippen LogP contribution in [0.15, 0.2) is 12.1 Å². The topological polar surface area (TPSA) is 29.1 Å². The summed E-state index contributed by atoms with van der Waals surface area (Å²) in [6, 6.07) is 3.29. The van der Waals surface area contributed by atoms with Crippen LogP contribution in [-0.4, -0.2) is 17.9 Å². The predicted octanol–water partition coefficient (Wildman–Crippen LogP) is 2.99. The summed E-state index contributed by atoms with van der Waals surface area (Å²) in [5, 5.41) is 3.48. The van der Waals surface area contributed by atoms with Gasteiger partial charge in [0.2, 0.25) is 0 Å². The Balaban J connectivity index is 1.86. The van der Waals surface area contributed by atoms with Crippen molar-refractivity contribution in [1.82, 2.24) is 5.32 Å². The van der Waals surface area contributed by atoms with E-state index in [0.29, 0.717) is 17.6 Å². The van der Waals surface area contributed by atoms with Gasteiger partial charge in [0.1, 0.15) is 0 Å². The fraction of sp³-hybridized carbons (Fsp3) is 0.533. The molecule has 2 unspecified atom stereocenters. The second kappa shape index (κ2) is 4.67. The molecule has 4 heteroatoms. The van der Waals surface area contributed by atoms with Crippen molar-refractivity contribution in [3.63, 3.8) is 0 Å². The quantitative estimate of drug-likeness (QED) is 0.833. The SMILES string of the molecule is Cc1c(C(=O)C2CC3CCC(C2)N3)ccc(F)c1F. The highest BCUT2D eigenvalue weighted by Gasteiger charge is 2.37. The molecule has 0 saturated carbocycles. The first-order valence-corrected chi connectivity index (χ1v) is 6.81. The van der Waals surface area contributed by atoms with Crippen LogP contribution in [0, 0.1) is 24.5 Å². The van der Waals surface area contributed by atoms with Crippen LogP contribution in [0.2, 0.25) is 0 Å². The van der Waals surface area contributed by atoms with E-state index in [1.54, 1.807) is 0 Å². The molecule has 2 atom stereocenters. The lowest BCUT2D eigenvalue weighted by atomic mass is 9.84. The lowest BCUT2D eigenvalue weighted by Gasteiger charge is -2.28. The van der Waals surface area contributed by atoms with Crippen LogP contribution in [0.5, 0.6) is 0 Å². The Hall–Kier alpha value is -1.29. The number of benzene rings is 1. The molecule has 2 bridgehead atoms. The molecule has 3 rings (SSSR count). The molecular formula is C15H17F2NO. The van der Waals surface area contributed by atoms with E-state index in [-0.39, 0.29) is 17.3 Å². The van der Waals surface area contributed by atoms with Gasteiger partial charge in [-0.25, -0.2) is 8.78 Å². The molecule has 1 aromatic rings. The van der Waals surface area contributed by atoms with E-state index in [9.17, 15) is 13.6 Å². The molecule has 1 aromatic carbocycles. The molecule has 2 nitrogen and oxygen atoms in total. The average Bonchev–Trinajstić information content (AvgIpc) is 2.74. The molecule has 102 valence electrons. The Bertz CT molecular complexity index is 517. The monoisotopic (exact) mass is 265 g/mol. The van der Waals surface area contributed by atoms with Crippen molar-refractivity contribution in [3.05, 3.63) is 34.9 Å². The van der Waals surface area contributed by atoms with Gasteiger partial charge in [-0.05, 0) is 50.3 Å². The summed E-state index contributed by atoms with van der Waals surface area (Å²) in [4.78, 5) is 12.5. The summed E-state index contributed by atoms with van der Waals surface area (Å²) in [5.74, 6) is -1.88. The summed E-state index contributed by atoms with van der Waals surface area (Å²) >= 11 is 0. The van der Waals surface area contributed by atoms with Crippen LogP contribution in [0.4, 0.5) is 8.78 Å². The number of nitrogens with one attached hydrogen (secondary N) is 1. The van der Waals surface area contributed by atoms with Crippen molar-refractivity contribution in [2.45, 2.75) is 44.7 Å². The van der Waals surface area contributed by atoms with Crippen LogP contribution in [-0.2, 0) is 0 Å². The second-order valence-electron chi connectivity index (χ2n) is 5.70. The molecule has 2 fully saturated rings. The van der Waals surface area contributed by atoms with Crippen LogP contribution in [0.1, 0.15) is 41.6 Å². The highest BCUT2D eigenvalue weighted by atomic mass is 19.2. The predicted molar refractivity (Wildman–Crippen MR) is 68.1 cm³/mol. The molecule has 0 aromatic heterocycles. The third kappa shape index (κ3) is 2.18. The number of hydrogen-bond acceptors (Lipinski definition) is 2. The Morgan fingerprint density at radius 1 is 1.21 bits per heavy atom. The summed E-state index contributed by atoms with van der Waals surface area (Å²) < 4.78 is 26.6. The molecule has 0 radical (unpaired) electrons. The smallest absolute Gasteiger partial charge is 0.166 e. The van der Waals surface area contributed by atoms with Gasteiger partial charge in [0.05, 0.1) is 0 Å². The van der Waals surface area contributed by atoms with Gasteiger partial charge < -0.3 is 5.32 Å². The molecule has 2 saturated heterocycles. The van der Waals surface area contributed by atoms with Gasteiger partial charge in [0.25, 0.3) is 0 Å². The van der Waals surface area contributed by atoms with Crippen molar-refractivity contribution < 1.29 is 13.6 Å². The lowest BCUT2D eigenvalue weighted by Crippen LogP contribution is -2.40. The van der Waals surface area contributed by atoms with Crippen molar-refractivity contribution in [3.8, 4) is 0 Å². The minimum Gasteiger partial charge on any atom is -0.311 e. The summed E-state index contributed by atoms with van der Waals surface area (Å²) in [7, 11) is 0. The zero-order valence-corrected chi connectivity index (χ0v) is 10.9. The Labute approximate surface area is 111 Å². The molecule has 0 amide bonds. The van der Waals surface area contributed by atoms with E-state index in [0.717, 1.165) is 31.7 Å². The van der Waals surface area contributed by atoms with Gasteiger partial charge in [0.15, 0.2) is 17.4 Å². The molecule has 1 N–H and O–H groups in total. The number of rotatable bonds is 2. The van der Waals surface area contributed by atoms with Gasteiger partial charge >= 0.3 is 0 Å². The zero-order valence-electron chi connectivity index (χ0n) is 10.9. The zero-order chi connectivity index (χ0) is 13.6. The van der Waals surface area contributed by atoms with Crippen molar-refractivity contribution >= 4 is 5.78 Å². The van der Waals surface area contributed by atoms with E-state index in [1.807, 2.05) is 0 Å². The largest absolute Gasteiger partial charge is 0.311 e. The third-order valence-corrected chi connectivity index (χ3v) is 4.45. The van der Waals surface area contributed by atoms with Crippen molar-refractivity contribution in [2.24, 2.45) is 5.92 Å². The Morgan fingerprint density at radius 3 is 2.47 bits per heavy atom. The number of carbonyl (C=O) groups excluding carboxylic acids is 1. The fourth-order valence-corrected chi connectivity index (χ4v) is 3.41. The normalized spacial score (nSPS) is 29.5. The summed E-state index contributed by atoms with van der Waals surface area (Å²) in [6.45, 7) is 1.47. The highest BCUT2D eigenvalue weighted by Crippen LogP contribution is 2.33. The van der Waals surface area contributed by atoms with E-state index in [4.69, 9.17) is 0 Å². The fourth-order valence-electron chi connectivity index (χ4n) is 3.41. The van der Waals surface area contributed by atoms with E-state index in [2.05, 4.69) is 5.32 Å². The number of piperidine rings is 1. The lowest BCUT2D eigenvalue weighted by molar-refractivity contribution is 0.0874. The standard InChI is InChI=1S/C15H17F2NO/c1-8-12(4-5-13(16)14(8)17)15(19)9-6-10-2-3-11(7-9)18-10/h4-5,9-11,18H,2-3,6-7H2,1H3. The minimum atomic E-state index is -0.900. The van der Waals surface area contributed by atoms with E-state index in [1.165, 1.54) is 13.0 Å². The van der Waals surface area contributed by atoms with Gasteiger partial charge in [-0.1, -0.05) is 0 Å². The maximum Gasteiger partial charge on any atom is 0.166 e. The van der Waals surface area contributed by atoms with E-state index < -0.39 is 11.6 Å². The van der Waals surface area contributed by atoms with Crippen LogP contribution >= 0.6 is 0 Å². The maximum absolute atomic E-state index is 13.5. The highest BCUT2D eigenvalue weighted by molar-refractivity contribution is 5.99. The van der Waals surface area contributed by atoms with E-state index >= 15 is 0 Å². The number of ketones is 1. The summed E-state index contributed by atoms with van der Waals surface area (Å²) in [6.07, 6.45) is 3.86. The summed E-state index contributed by atoms with van der Waals surface area (Å²) in [5.41, 5.74) is 0.473. The number of Topliss-reactive ketones (excluding diaryl/α,β-unsaturated/α-hetero) is 1. The molecule has 2 aliphatic heterocycles. The number of halogens is 2. The second-order valence-corrected chi connectivity index (χ2v) is 5.70. The van der Waals surface area contributed by atoms with Gasteiger partial charge in [-0.3, -0.25) is 4.79 Å². The number of fused-ring (bicyclic) bond motifs is 2. The van der Waals surface area contributed by atoms with Crippen LogP contribution < -0.4 is 5.32 Å². The first kappa shape index (κ1) is 12.7. The number of hydrogen-bond donors (Lipinski definition) is 1. The third-order valence-electron chi connectivity index (χ3n) is 4.45. The van der Waals surface area contributed by atoms with Gasteiger partial charge in [0, 0.05) is 23.6 Å². The molecule has 19 heavy (non-hydrogen) atoms. The Morgan fingerprint density at radius 2 is 1.84 bits per heavy atom. The molecule has 2 heterocycles. The Kier molecular flexibility index (Phi) is 3.13. The minimum absolute atomic E-state index is 0.0326. The van der Waals surface area contributed by atoms with Gasteiger partial charge in [-0.2, -0.15) is 0 Å².